The van der Waals surface area contributed by atoms with Crippen LogP contribution < -0.4 is 0 Å². The maximum absolute atomic E-state index is 11.9. The second kappa shape index (κ2) is 7.03. The second-order valence-electron chi connectivity index (χ2n) is 5.26. The van der Waals surface area contributed by atoms with Crippen molar-refractivity contribution in [3.63, 3.8) is 0 Å². The summed E-state index contributed by atoms with van der Waals surface area (Å²) in [5.74, 6) is 0. The fourth-order valence-corrected chi connectivity index (χ4v) is 5.97. The van der Waals surface area contributed by atoms with E-state index in [4.69, 9.17) is 0 Å². The molecule has 0 aliphatic rings. The van der Waals surface area contributed by atoms with Gasteiger partial charge in [-0.25, -0.2) is 6.14 Å². The van der Waals surface area contributed by atoms with Crippen molar-refractivity contribution in [2.45, 2.75) is 4.90 Å². The summed E-state index contributed by atoms with van der Waals surface area (Å²) in [5.41, 5.74) is 2.06. The molecule has 0 aliphatic carbocycles. The van der Waals surface area contributed by atoms with E-state index in [2.05, 4.69) is 0 Å². The summed E-state index contributed by atoms with van der Waals surface area (Å²) in [6.45, 7) is 0. The van der Waals surface area contributed by atoms with Crippen LogP contribution in [0.1, 0.15) is 0 Å². The van der Waals surface area contributed by atoms with Crippen LogP contribution in [0.25, 0.3) is 22.3 Å². The second-order valence-corrected chi connectivity index (χ2v) is 8.97. The highest BCUT2D eigenvalue weighted by atomic mass is 127. The van der Waals surface area contributed by atoms with Crippen molar-refractivity contribution in [3.8, 4) is 22.3 Å². The summed E-state index contributed by atoms with van der Waals surface area (Å²) in [6, 6.07) is 20.4. The van der Waals surface area contributed by atoms with Gasteiger partial charge >= 0.3 is 19.8 Å². The fraction of sp³-hybridized carbons (Fsp3) is 0. The van der Waals surface area contributed by atoms with Gasteiger partial charge < -0.3 is 0 Å². The van der Waals surface area contributed by atoms with Gasteiger partial charge in [-0.05, 0) is 28.8 Å². The van der Waals surface area contributed by atoms with Crippen LogP contribution in [0.3, 0.4) is 0 Å². The van der Waals surface area contributed by atoms with Gasteiger partial charge in [0.15, 0.2) is 0 Å². The van der Waals surface area contributed by atoms with E-state index in [1.54, 1.807) is 60.7 Å². The summed E-state index contributed by atoms with van der Waals surface area (Å²) in [5, 5.41) is 0. The first-order chi connectivity index (χ1) is 11.9. The predicted octanol–water partition coefficient (Wildman–Crippen LogP) is 4.63. The molecule has 128 valence electrons. The number of hydrogen-bond donors (Lipinski definition) is 1. The Kier molecular flexibility index (Phi) is 4.98. The molecule has 0 spiro atoms. The Bertz CT molecular complexity index is 1080. The van der Waals surface area contributed by atoms with E-state index in [1.807, 2.05) is 6.07 Å². The monoisotopic (exact) mass is 468 g/mol. The van der Waals surface area contributed by atoms with Gasteiger partial charge in [0.25, 0.3) is 10.1 Å². The van der Waals surface area contributed by atoms with Crippen molar-refractivity contribution < 1.29 is 19.1 Å². The number of hydrogen-bond acceptors (Lipinski definition) is 4. The van der Waals surface area contributed by atoms with Crippen molar-refractivity contribution >= 4 is 29.9 Å². The zero-order chi connectivity index (χ0) is 18.0. The molecule has 0 atom stereocenters. The maximum Gasteiger partial charge on any atom is 0.342 e. The summed E-state index contributed by atoms with van der Waals surface area (Å²) in [7, 11) is -4.70. The summed E-state index contributed by atoms with van der Waals surface area (Å²) < 4.78 is 56.6. The van der Waals surface area contributed by atoms with Crippen molar-refractivity contribution in [1.82, 2.24) is 0 Å². The Hall–Kier alpha value is -2.10. The van der Waals surface area contributed by atoms with Crippen molar-refractivity contribution in [1.29, 1.82) is 0 Å². The molecule has 0 saturated heterocycles. The Morgan fingerprint density at radius 2 is 1.24 bits per heavy atom. The molecule has 0 heterocycles. The van der Waals surface area contributed by atoms with Crippen molar-refractivity contribution in [2.24, 2.45) is 0 Å². The Morgan fingerprint density at radius 1 is 0.720 bits per heavy atom. The van der Waals surface area contributed by atoms with Crippen LogP contribution in [-0.2, 0) is 16.3 Å². The molecule has 0 bridgehead atoms. The smallest absolute Gasteiger partial charge is 0.282 e. The van der Waals surface area contributed by atoms with Crippen LogP contribution in [0, 0.1) is 3.57 Å². The minimum absolute atomic E-state index is 0.268. The molecule has 0 unspecified atom stereocenters. The van der Waals surface area contributed by atoms with E-state index in [1.165, 1.54) is 6.07 Å². The van der Waals surface area contributed by atoms with E-state index < -0.39 is 34.8 Å². The van der Waals surface area contributed by atoms with Crippen LogP contribution >= 0.6 is 19.8 Å². The minimum atomic E-state index is -4.70. The van der Waals surface area contributed by atoms with Crippen LogP contribution in [-0.4, -0.2) is 13.0 Å². The first-order valence-electron chi connectivity index (χ1n) is 7.19. The molecule has 0 aromatic heterocycles. The van der Waals surface area contributed by atoms with Crippen LogP contribution in [0.2, 0.25) is 0 Å². The molecule has 0 radical (unpaired) electrons. The average molecular weight is 468 g/mol. The highest BCUT2D eigenvalue weighted by molar-refractivity contribution is 14.2. The topological polar surface area (TPSA) is 88.5 Å². The van der Waals surface area contributed by atoms with Gasteiger partial charge in [0.05, 0.1) is 0 Å². The lowest BCUT2D eigenvalue weighted by Gasteiger charge is -2.12. The molecule has 3 aromatic carbocycles. The SMILES string of the molecule is O=I(=O)c1c(-c2ccccc2)cc(-c2ccccc2)cc1S(=O)(=O)O. The third kappa shape index (κ3) is 3.78. The summed E-state index contributed by atoms with van der Waals surface area (Å²) in [4.78, 5) is -0.581. The molecular formula is C18H13IO5S. The van der Waals surface area contributed by atoms with Gasteiger partial charge in [0, 0.05) is 5.56 Å². The molecule has 3 aromatic rings. The van der Waals surface area contributed by atoms with Gasteiger partial charge in [0.1, 0.15) is 8.47 Å². The Morgan fingerprint density at radius 3 is 1.72 bits per heavy atom. The molecule has 7 heteroatoms. The largest absolute Gasteiger partial charge is 0.342 e. The molecule has 0 amide bonds. The van der Waals surface area contributed by atoms with Gasteiger partial charge in [0.2, 0.25) is 0 Å². The average Bonchev–Trinajstić information content (AvgIpc) is 2.61. The van der Waals surface area contributed by atoms with Crippen LogP contribution in [0.5, 0.6) is 0 Å². The van der Waals surface area contributed by atoms with Gasteiger partial charge in [-0.1, -0.05) is 60.7 Å². The fourth-order valence-electron chi connectivity index (χ4n) is 2.57. The lowest BCUT2D eigenvalue weighted by atomic mass is 9.99. The quantitative estimate of drug-likeness (QED) is 0.446. The third-order valence-electron chi connectivity index (χ3n) is 3.66. The molecule has 25 heavy (non-hydrogen) atoms. The van der Waals surface area contributed by atoms with E-state index >= 15 is 0 Å². The molecular weight excluding hydrogens is 455 g/mol. The maximum atomic E-state index is 11.9. The van der Waals surface area contributed by atoms with E-state index in [0.717, 1.165) is 0 Å². The Balaban J connectivity index is 2.43. The standard InChI is InChI=1S/C18H13IO5S/c20-19(21)18-16(14-9-5-2-6-10-14)11-15(12-17(18)25(22,23)24)13-7-3-1-4-8-13/h1-12H,(H,22,23,24). The van der Waals surface area contributed by atoms with E-state index in [0.29, 0.717) is 16.7 Å². The zero-order valence-electron chi connectivity index (χ0n) is 12.8. The zero-order valence-corrected chi connectivity index (χ0v) is 15.8. The van der Waals surface area contributed by atoms with E-state index in [9.17, 15) is 19.1 Å². The van der Waals surface area contributed by atoms with Gasteiger partial charge in [-0.3, -0.25) is 4.55 Å². The van der Waals surface area contributed by atoms with Gasteiger partial charge in [-0.15, -0.1) is 0 Å². The van der Waals surface area contributed by atoms with Crippen molar-refractivity contribution in [3.05, 3.63) is 76.4 Å². The molecule has 0 fully saturated rings. The van der Waals surface area contributed by atoms with Gasteiger partial charge in [-0.2, -0.15) is 8.42 Å². The summed E-state index contributed by atoms with van der Waals surface area (Å²) >= 11 is -4.22. The molecule has 0 saturated carbocycles. The van der Waals surface area contributed by atoms with Crippen LogP contribution in [0.4, 0.5) is 0 Å². The lowest BCUT2D eigenvalue weighted by molar-refractivity contribution is 0.482. The third-order valence-corrected chi connectivity index (χ3v) is 6.95. The number of benzene rings is 3. The first-order valence-corrected chi connectivity index (χ1v) is 11.5. The number of halogens is 1. The normalized spacial score (nSPS) is 11.6. The molecule has 5 nitrogen and oxygen atoms in total. The minimum Gasteiger partial charge on any atom is -0.282 e. The number of rotatable bonds is 4. The predicted molar refractivity (Wildman–Crippen MR) is 101 cm³/mol. The molecule has 1 N–H and O–H groups in total. The highest BCUT2D eigenvalue weighted by Crippen LogP contribution is 2.39. The first kappa shape index (κ1) is 17.7. The molecule has 3 rings (SSSR count). The van der Waals surface area contributed by atoms with Crippen LogP contribution in [0.15, 0.2) is 77.7 Å². The van der Waals surface area contributed by atoms with E-state index in [-0.39, 0.29) is 9.13 Å². The van der Waals surface area contributed by atoms with Crippen molar-refractivity contribution in [2.75, 3.05) is 0 Å². The lowest BCUT2D eigenvalue weighted by Crippen LogP contribution is -2.04. The summed E-state index contributed by atoms with van der Waals surface area (Å²) in [6.07, 6.45) is 0. The highest BCUT2D eigenvalue weighted by Gasteiger charge is 2.24. The Labute approximate surface area is 152 Å². The molecule has 0 aliphatic heterocycles.